The molecule has 0 radical (unpaired) electrons. The van der Waals surface area contributed by atoms with Gasteiger partial charge in [-0.15, -0.1) is 0 Å². The number of hydrogen-bond acceptors (Lipinski definition) is 16. The molecule has 4 aromatic carbocycles. The number of ether oxygens (including phenoxy) is 12. The van der Waals surface area contributed by atoms with Crippen molar-refractivity contribution >= 4 is 23.8 Å². The van der Waals surface area contributed by atoms with E-state index in [1.165, 1.54) is 20.8 Å². The van der Waals surface area contributed by atoms with E-state index in [9.17, 15) is 32.3 Å². The molecule has 0 saturated carbocycles. The van der Waals surface area contributed by atoms with E-state index < -0.39 is 121 Å². The minimum absolute atomic E-state index is 0.0110. The highest BCUT2D eigenvalue weighted by Gasteiger charge is 2.55. The third-order valence-electron chi connectivity index (χ3n) is 14.2. The Morgan fingerprint density at radius 3 is 1.42 bits per heavy atom. The van der Waals surface area contributed by atoms with E-state index in [0.29, 0.717) is 0 Å². The molecule has 3 fully saturated rings. The Morgan fingerprint density at radius 1 is 0.494 bits per heavy atom. The standard InChI is InChI=1S/C60H75F3N2O16/c1-37-47(34-70-30-43-20-11-7-12-21-43)77-58(80-51-38(2)50(65-40(4)66)56(73-29-19-28-64-59(69)60(61,62)63)78-48(51)35-71-31-44-22-13-8-14-23-44)55(76-42(6)68)53(37)81-57-54(74-33-46-26-17-10-18-27-46)39(3)52(75-41(5)67)49(79-57)36-72-32-45-24-15-9-16-25-45/h7-18,20-27,37-39,47-58H,19,28-36H2,1-6H3,(H,64,69)(H,65,66)/t37-,38+,39-,47?,48?,49?,50?,51-,52+,53-,54?,55?,56+,57-,58-/m0/s1. The van der Waals surface area contributed by atoms with Crippen molar-refractivity contribution in [2.45, 2.75) is 154 Å². The molecule has 81 heavy (non-hydrogen) atoms. The average Bonchev–Trinajstić information content (AvgIpc) is 3.62. The lowest BCUT2D eigenvalue weighted by Gasteiger charge is -2.51. The van der Waals surface area contributed by atoms with E-state index in [0.717, 1.165) is 22.3 Å². The summed E-state index contributed by atoms with van der Waals surface area (Å²) in [5, 5.41) is 4.73. The molecule has 0 bridgehead atoms. The molecule has 6 unspecified atom stereocenters. The second-order valence-electron chi connectivity index (χ2n) is 20.5. The quantitative estimate of drug-likeness (QED) is 0.0438. The molecule has 3 saturated heterocycles. The third-order valence-corrected chi connectivity index (χ3v) is 14.2. The first-order valence-corrected chi connectivity index (χ1v) is 27.3. The molecular formula is C60H75F3N2O16. The Kier molecular flexibility index (Phi) is 24.0. The van der Waals surface area contributed by atoms with E-state index in [-0.39, 0.29) is 65.8 Å². The van der Waals surface area contributed by atoms with E-state index in [2.05, 4.69) is 5.32 Å². The van der Waals surface area contributed by atoms with Crippen molar-refractivity contribution in [2.24, 2.45) is 17.8 Å². The fraction of sp³-hybridized carbons (Fsp3) is 0.533. The van der Waals surface area contributed by atoms with Crippen LogP contribution in [-0.2, 0) is 102 Å². The highest BCUT2D eigenvalue weighted by molar-refractivity contribution is 5.81. The molecule has 0 spiro atoms. The molecular weight excluding hydrogens is 1060 g/mol. The second kappa shape index (κ2) is 31.0. The van der Waals surface area contributed by atoms with Crippen molar-refractivity contribution in [1.29, 1.82) is 0 Å². The first-order chi connectivity index (χ1) is 38.9. The van der Waals surface area contributed by atoms with Crippen molar-refractivity contribution in [3.8, 4) is 0 Å². The molecule has 442 valence electrons. The summed E-state index contributed by atoms with van der Waals surface area (Å²) in [4.78, 5) is 50.7. The Labute approximate surface area is 470 Å². The summed E-state index contributed by atoms with van der Waals surface area (Å²) in [5.74, 6) is -5.63. The van der Waals surface area contributed by atoms with Gasteiger partial charge in [-0.1, -0.05) is 142 Å². The van der Waals surface area contributed by atoms with Gasteiger partial charge in [0.2, 0.25) is 5.91 Å². The van der Waals surface area contributed by atoms with Crippen LogP contribution in [0.25, 0.3) is 0 Å². The van der Waals surface area contributed by atoms with E-state index in [1.807, 2.05) is 140 Å². The predicted molar refractivity (Wildman–Crippen MR) is 285 cm³/mol. The van der Waals surface area contributed by atoms with Crippen LogP contribution in [-0.4, -0.2) is 137 Å². The van der Waals surface area contributed by atoms with Crippen LogP contribution in [0.3, 0.4) is 0 Å². The maximum Gasteiger partial charge on any atom is 0.471 e. The van der Waals surface area contributed by atoms with E-state index >= 15 is 0 Å². The molecule has 3 aliphatic heterocycles. The molecule has 21 heteroatoms. The maximum atomic E-state index is 13.4. The van der Waals surface area contributed by atoms with Crippen molar-refractivity contribution in [1.82, 2.24) is 10.6 Å². The number of halogens is 3. The van der Waals surface area contributed by atoms with Gasteiger partial charge in [0.15, 0.2) is 25.0 Å². The van der Waals surface area contributed by atoms with Crippen molar-refractivity contribution in [3.05, 3.63) is 144 Å². The Morgan fingerprint density at radius 2 is 0.926 bits per heavy atom. The number of esters is 2. The summed E-state index contributed by atoms with van der Waals surface area (Å²) in [6, 6.07) is 37.1. The van der Waals surface area contributed by atoms with Crippen molar-refractivity contribution in [3.63, 3.8) is 0 Å². The van der Waals surface area contributed by atoms with Crippen LogP contribution in [0.4, 0.5) is 13.2 Å². The highest BCUT2D eigenvalue weighted by atomic mass is 19.4. The topological polar surface area (TPSA) is 203 Å². The fourth-order valence-electron chi connectivity index (χ4n) is 10.1. The zero-order chi connectivity index (χ0) is 57.9. The van der Waals surface area contributed by atoms with Crippen LogP contribution >= 0.6 is 0 Å². The molecule has 18 nitrogen and oxygen atoms in total. The number of rotatable bonds is 27. The lowest BCUT2D eigenvalue weighted by atomic mass is 9.87. The molecule has 4 aromatic rings. The molecule has 15 atom stereocenters. The Hall–Kier alpha value is -5.85. The van der Waals surface area contributed by atoms with Gasteiger partial charge >= 0.3 is 24.0 Å². The van der Waals surface area contributed by atoms with Gasteiger partial charge in [0.1, 0.15) is 30.5 Å². The normalized spacial score (nSPS) is 28.6. The zero-order valence-corrected chi connectivity index (χ0v) is 46.4. The number of alkyl halides is 3. The van der Waals surface area contributed by atoms with Crippen LogP contribution in [0.2, 0.25) is 0 Å². The fourth-order valence-corrected chi connectivity index (χ4v) is 10.1. The van der Waals surface area contributed by atoms with Crippen LogP contribution < -0.4 is 10.6 Å². The van der Waals surface area contributed by atoms with Crippen molar-refractivity contribution < 1.29 is 89.2 Å². The number of hydrogen-bond donors (Lipinski definition) is 2. The number of nitrogens with one attached hydrogen (secondary N) is 2. The summed E-state index contributed by atoms with van der Waals surface area (Å²) in [5.41, 5.74) is 3.53. The lowest BCUT2D eigenvalue weighted by molar-refractivity contribution is -0.369. The average molecular weight is 1140 g/mol. The van der Waals surface area contributed by atoms with Gasteiger partial charge < -0.3 is 67.5 Å². The summed E-state index contributed by atoms with van der Waals surface area (Å²) >= 11 is 0. The minimum Gasteiger partial charge on any atom is -0.459 e. The largest absolute Gasteiger partial charge is 0.471 e. The van der Waals surface area contributed by atoms with Gasteiger partial charge in [-0.3, -0.25) is 19.2 Å². The number of benzene rings is 4. The molecule has 3 heterocycles. The maximum absolute atomic E-state index is 13.4. The van der Waals surface area contributed by atoms with E-state index in [4.69, 9.17) is 56.8 Å². The van der Waals surface area contributed by atoms with Crippen LogP contribution in [0.1, 0.15) is 70.2 Å². The minimum atomic E-state index is -5.06. The second-order valence-corrected chi connectivity index (χ2v) is 20.5. The summed E-state index contributed by atoms with van der Waals surface area (Å²) in [7, 11) is 0. The highest BCUT2D eigenvalue weighted by Crippen LogP contribution is 2.40. The summed E-state index contributed by atoms with van der Waals surface area (Å²) in [6.07, 6.45) is -16.7. The molecule has 0 aliphatic carbocycles. The first kappa shape index (κ1) is 62.7. The van der Waals surface area contributed by atoms with Gasteiger partial charge in [0.25, 0.3) is 0 Å². The molecule has 3 aliphatic rings. The molecule has 7 rings (SSSR count). The lowest BCUT2D eigenvalue weighted by Crippen LogP contribution is -2.65. The van der Waals surface area contributed by atoms with Crippen LogP contribution in [0.15, 0.2) is 121 Å². The van der Waals surface area contributed by atoms with Gasteiger partial charge in [-0.05, 0) is 28.7 Å². The monoisotopic (exact) mass is 1140 g/mol. The summed E-state index contributed by atoms with van der Waals surface area (Å²) in [6.45, 7) is 9.56. The predicted octanol–water partition coefficient (Wildman–Crippen LogP) is 7.53. The van der Waals surface area contributed by atoms with Crippen LogP contribution in [0.5, 0.6) is 0 Å². The van der Waals surface area contributed by atoms with Crippen LogP contribution in [0, 0.1) is 17.8 Å². The summed E-state index contributed by atoms with van der Waals surface area (Å²) < 4.78 is 117. The number of amides is 2. The molecule has 2 amide bonds. The van der Waals surface area contributed by atoms with Gasteiger partial charge in [0, 0.05) is 45.1 Å². The van der Waals surface area contributed by atoms with Gasteiger partial charge in [0.05, 0.1) is 71.1 Å². The smallest absolute Gasteiger partial charge is 0.459 e. The Bertz CT molecular complexity index is 2540. The number of carbonyl (C=O) groups is 4. The molecule has 2 N–H and O–H groups in total. The SMILES string of the molecule is CC(=O)NC1[C@H](OCCCNC(=O)C(F)(F)F)OC(COCc2ccccc2)[C@@H](O[C@@H]2OC(COCc3ccccc3)[C@H](C)[C@H](O[C@@H]3OC(COCc4ccccc4)[C@H](OC(C)=O)[C@H](C)C3OCc3ccccc3)C2OC(C)=O)[C@@H]1C. The third kappa shape index (κ3) is 18.8. The molecule has 0 aromatic heterocycles. The van der Waals surface area contributed by atoms with Gasteiger partial charge in [-0.2, -0.15) is 13.2 Å². The Balaban J connectivity index is 1.22. The number of carbonyl (C=O) groups excluding carboxylic acids is 4. The zero-order valence-electron chi connectivity index (χ0n) is 46.4. The van der Waals surface area contributed by atoms with Gasteiger partial charge in [-0.25, -0.2) is 0 Å². The van der Waals surface area contributed by atoms with Crippen molar-refractivity contribution in [2.75, 3.05) is 33.0 Å². The first-order valence-electron chi connectivity index (χ1n) is 27.3. The van der Waals surface area contributed by atoms with E-state index in [1.54, 1.807) is 6.92 Å².